The largest absolute Gasteiger partial charge is 0.484 e. The lowest BCUT2D eigenvalue weighted by atomic mass is 10.1. The highest BCUT2D eigenvalue weighted by molar-refractivity contribution is 5.85. The molecule has 142 valence electrons. The summed E-state index contributed by atoms with van der Waals surface area (Å²) in [6, 6.07) is 4.45. The van der Waals surface area contributed by atoms with E-state index < -0.39 is 18.8 Å². The minimum absolute atomic E-state index is 0. The summed E-state index contributed by atoms with van der Waals surface area (Å²) in [5.41, 5.74) is 1.26. The lowest BCUT2D eigenvalue weighted by Gasteiger charge is -2.29. The lowest BCUT2D eigenvalue weighted by molar-refractivity contribution is -0.153. The van der Waals surface area contributed by atoms with E-state index >= 15 is 0 Å². The summed E-state index contributed by atoms with van der Waals surface area (Å²) < 4.78 is 47.3. The quantitative estimate of drug-likeness (QED) is 0.820. The van der Waals surface area contributed by atoms with Gasteiger partial charge in [-0.2, -0.15) is 13.2 Å². The minimum Gasteiger partial charge on any atom is -0.484 e. The van der Waals surface area contributed by atoms with Crippen molar-refractivity contribution in [1.82, 2.24) is 10.6 Å². The average molecular weight is 383 g/mol. The predicted octanol–water partition coefficient (Wildman–Crippen LogP) is 2.35. The third kappa shape index (κ3) is 6.72. The molecule has 1 aromatic carbocycles. The molecule has 2 atom stereocenters. The first kappa shape index (κ1) is 21.5. The molecule has 0 bridgehead atoms. The number of nitrogens with one attached hydrogen (secondary N) is 2. The summed E-state index contributed by atoms with van der Waals surface area (Å²) in [4.78, 5) is 12.2. The first-order valence-corrected chi connectivity index (χ1v) is 7.68. The third-order valence-electron chi connectivity index (χ3n) is 3.67. The van der Waals surface area contributed by atoms with Crippen molar-refractivity contribution in [3.63, 3.8) is 0 Å². The van der Waals surface area contributed by atoms with Crippen molar-refractivity contribution < 1.29 is 27.4 Å². The second-order valence-corrected chi connectivity index (χ2v) is 5.74. The number of ether oxygens (including phenoxy) is 2. The van der Waals surface area contributed by atoms with Gasteiger partial charge in [-0.25, -0.2) is 0 Å². The first-order valence-electron chi connectivity index (χ1n) is 7.68. The Morgan fingerprint density at radius 1 is 1.44 bits per heavy atom. The molecule has 1 fully saturated rings. The van der Waals surface area contributed by atoms with E-state index in [1.165, 1.54) is 6.07 Å². The molecule has 2 rings (SSSR count). The Balaban J connectivity index is 0.00000312. The highest BCUT2D eigenvalue weighted by Crippen LogP contribution is 2.23. The van der Waals surface area contributed by atoms with E-state index in [0.29, 0.717) is 18.7 Å². The zero-order valence-electron chi connectivity index (χ0n) is 14.0. The van der Waals surface area contributed by atoms with Crippen molar-refractivity contribution in [3.8, 4) is 5.75 Å². The van der Waals surface area contributed by atoms with Crippen LogP contribution in [0, 0.1) is 6.92 Å². The van der Waals surface area contributed by atoms with Crippen LogP contribution < -0.4 is 15.4 Å². The van der Waals surface area contributed by atoms with E-state index in [2.05, 4.69) is 10.6 Å². The maximum atomic E-state index is 12.4. The molecule has 1 saturated heterocycles. The van der Waals surface area contributed by atoms with Gasteiger partial charge in [0.25, 0.3) is 0 Å². The number of morpholine rings is 1. The molecule has 0 saturated carbocycles. The molecule has 1 heterocycles. The van der Waals surface area contributed by atoms with Crippen molar-refractivity contribution in [2.75, 3.05) is 19.8 Å². The van der Waals surface area contributed by atoms with Crippen molar-refractivity contribution >= 4 is 18.3 Å². The number of alkyl halides is 3. The van der Waals surface area contributed by atoms with Crippen LogP contribution in [0.15, 0.2) is 18.2 Å². The molecule has 5 nitrogen and oxygen atoms in total. The fourth-order valence-electron chi connectivity index (χ4n) is 2.42. The van der Waals surface area contributed by atoms with Crippen molar-refractivity contribution in [2.24, 2.45) is 0 Å². The number of carbonyl (C=O) groups is 1. The molecular formula is C16H22ClF3N2O3. The van der Waals surface area contributed by atoms with Gasteiger partial charge in [-0.1, -0.05) is 12.1 Å². The van der Waals surface area contributed by atoms with Gasteiger partial charge in [0, 0.05) is 18.7 Å². The zero-order valence-corrected chi connectivity index (χ0v) is 14.8. The number of aryl methyl sites for hydroxylation is 1. The third-order valence-corrected chi connectivity index (χ3v) is 3.67. The first-order chi connectivity index (χ1) is 11.3. The van der Waals surface area contributed by atoms with E-state index in [0.717, 1.165) is 5.56 Å². The highest BCUT2D eigenvalue weighted by atomic mass is 35.5. The molecule has 1 amide bonds. The molecule has 9 heteroatoms. The van der Waals surface area contributed by atoms with Gasteiger partial charge in [0.15, 0.2) is 6.61 Å². The molecule has 1 aromatic rings. The van der Waals surface area contributed by atoms with E-state index in [-0.39, 0.29) is 36.7 Å². The normalized spacial score (nSPS) is 20.5. The predicted molar refractivity (Wildman–Crippen MR) is 89.0 cm³/mol. The maximum Gasteiger partial charge on any atom is 0.422 e. The molecule has 0 aliphatic carbocycles. The van der Waals surface area contributed by atoms with Gasteiger partial charge in [0.1, 0.15) is 11.8 Å². The monoisotopic (exact) mass is 382 g/mol. The topological polar surface area (TPSA) is 59.6 Å². The van der Waals surface area contributed by atoms with Gasteiger partial charge in [-0.15, -0.1) is 12.4 Å². The number of hydrogen-bond donors (Lipinski definition) is 2. The van der Waals surface area contributed by atoms with Crippen LogP contribution in [0.2, 0.25) is 0 Å². The van der Waals surface area contributed by atoms with E-state index in [1.807, 2.05) is 0 Å². The van der Waals surface area contributed by atoms with E-state index in [4.69, 9.17) is 9.47 Å². The fraction of sp³-hybridized carbons (Fsp3) is 0.562. The number of halogens is 4. The number of carbonyl (C=O) groups excluding carboxylic acids is 1. The fourth-order valence-corrected chi connectivity index (χ4v) is 2.42. The Morgan fingerprint density at radius 3 is 2.80 bits per heavy atom. The Kier molecular flexibility index (Phi) is 7.98. The van der Waals surface area contributed by atoms with Gasteiger partial charge >= 0.3 is 6.18 Å². The SMILES string of the molecule is Cc1ccc(CNC(=O)[C@H]2NCCO[C@@H]2C)c(OCC(F)(F)F)c1.Cl. The summed E-state index contributed by atoms with van der Waals surface area (Å²) >= 11 is 0. The molecule has 25 heavy (non-hydrogen) atoms. The number of benzene rings is 1. The maximum absolute atomic E-state index is 12.4. The molecule has 0 aromatic heterocycles. The van der Waals surface area contributed by atoms with Crippen LogP contribution in [0.3, 0.4) is 0 Å². The molecule has 1 aliphatic heterocycles. The van der Waals surface area contributed by atoms with Crippen molar-refractivity contribution in [2.45, 2.75) is 38.7 Å². The summed E-state index contributed by atoms with van der Waals surface area (Å²) in [6.45, 7) is 3.38. The van der Waals surface area contributed by atoms with Gasteiger partial charge in [0.05, 0.1) is 12.7 Å². The average Bonchev–Trinajstić information content (AvgIpc) is 2.51. The summed E-state index contributed by atoms with van der Waals surface area (Å²) in [6.07, 6.45) is -4.68. The second-order valence-electron chi connectivity index (χ2n) is 5.74. The van der Waals surface area contributed by atoms with Crippen molar-refractivity contribution in [3.05, 3.63) is 29.3 Å². The smallest absolute Gasteiger partial charge is 0.422 e. The van der Waals surface area contributed by atoms with Crippen molar-refractivity contribution in [1.29, 1.82) is 0 Å². The van der Waals surface area contributed by atoms with Gasteiger partial charge in [0.2, 0.25) is 5.91 Å². The Morgan fingerprint density at radius 2 is 2.16 bits per heavy atom. The van der Waals surface area contributed by atoms with Crippen LogP contribution in [0.4, 0.5) is 13.2 Å². The second kappa shape index (κ2) is 9.26. The van der Waals surface area contributed by atoms with Crippen LogP contribution in [0.25, 0.3) is 0 Å². The highest BCUT2D eigenvalue weighted by Gasteiger charge is 2.30. The number of rotatable bonds is 5. The van der Waals surface area contributed by atoms with Gasteiger partial charge < -0.3 is 20.1 Å². The van der Waals surface area contributed by atoms with Crippen LogP contribution in [-0.2, 0) is 16.1 Å². The van der Waals surface area contributed by atoms with Crippen LogP contribution >= 0.6 is 12.4 Å². The Labute approximate surface area is 150 Å². The molecule has 0 unspecified atom stereocenters. The Bertz CT molecular complexity index is 584. The molecule has 1 aliphatic rings. The minimum atomic E-state index is -4.41. The summed E-state index contributed by atoms with van der Waals surface area (Å²) in [5.74, 6) is -0.141. The van der Waals surface area contributed by atoms with Gasteiger partial charge in [-0.3, -0.25) is 4.79 Å². The summed E-state index contributed by atoms with van der Waals surface area (Å²) in [7, 11) is 0. The molecule has 0 spiro atoms. The van der Waals surface area contributed by atoms with Crippen LogP contribution in [-0.4, -0.2) is 44.0 Å². The summed E-state index contributed by atoms with van der Waals surface area (Å²) in [5, 5.41) is 5.77. The van der Waals surface area contributed by atoms with Gasteiger partial charge in [-0.05, 0) is 25.5 Å². The number of amides is 1. The number of hydrogen-bond acceptors (Lipinski definition) is 4. The van der Waals surface area contributed by atoms with E-state index in [9.17, 15) is 18.0 Å². The van der Waals surface area contributed by atoms with E-state index in [1.54, 1.807) is 26.0 Å². The zero-order chi connectivity index (χ0) is 17.7. The lowest BCUT2D eigenvalue weighted by Crippen LogP contribution is -2.55. The standard InChI is InChI=1S/C16H21F3N2O3.ClH/c1-10-3-4-12(13(7-10)24-9-16(17,18)19)8-21-15(22)14-11(2)23-6-5-20-14;/h3-4,7,11,14,20H,5-6,8-9H2,1-2H3,(H,21,22);1H/t11-,14+;/m1./s1. The molecule has 2 N–H and O–H groups in total. The molecular weight excluding hydrogens is 361 g/mol. The Hall–Kier alpha value is -1.51. The van der Waals surface area contributed by atoms with Crippen LogP contribution in [0.5, 0.6) is 5.75 Å². The van der Waals surface area contributed by atoms with Crippen LogP contribution in [0.1, 0.15) is 18.1 Å². The molecule has 0 radical (unpaired) electrons.